The Bertz CT molecular complexity index is 491. The van der Waals surface area contributed by atoms with Gasteiger partial charge in [-0.25, -0.2) is 13.6 Å². The monoisotopic (exact) mass is 260 g/mol. The van der Waals surface area contributed by atoms with Crippen LogP contribution >= 0.6 is 0 Å². The Hall–Kier alpha value is -2.25. The van der Waals surface area contributed by atoms with Crippen LogP contribution in [0.15, 0.2) is 12.1 Å². The number of hydrogen-bond donors (Lipinski definition) is 2. The summed E-state index contributed by atoms with van der Waals surface area (Å²) in [5.74, 6) is -1.36. The third-order valence-corrected chi connectivity index (χ3v) is 2.27. The number of aromatic carboxylic acids is 1. The average Bonchev–Trinajstić information content (AvgIpc) is 2.26. The minimum Gasteiger partial charge on any atom is -0.478 e. The Morgan fingerprint density at radius 3 is 2.61 bits per heavy atom. The van der Waals surface area contributed by atoms with E-state index in [1.807, 2.05) is 0 Å². The van der Waals surface area contributed by atoms with E-state index in [1.54, 1.807) is 0 Å². The van der Waals surface area contributed by atoms with E-state index >= 15 is 0 Å². The Kier molecular flexibility index (Phi) is 4.13. The van der Waals surface area contributed by atoms with Gasteiger partial charge in [-0.3, -0.25) is 10.1 Å². The van der Waals surface area contributed by atoms with Gasteiger partial charge in [0.15, 0.2) is 0 Å². The summed E-state index contributed by atoms with van der Waals surface area (Å²) < 4.78 is 24.1. The number of anilines is 1. The molecule has 1 rings (SSSR count). The number of nitro groups is 1. The van der Waals surface area contributed by atoms with E-state index in [-0.39, 0.29) is 16.8 Å². The Morgan fingerprint density at radius 2 is 2.17 bits per heavy atom. The van der Waals surface area contributed by atoms with Crippen LogP contribution in [0.5, 0.6) is 0 Å². The number of alkyl halides is 2. The zero-order chi connectivity index (χ0) is 13.9. The van der Waals surface area contributed by atoms with Crippen molar-refractivity contribution in [1.82, 2.24) is 0 Å². The Morgan fingerprint density at radius 1 is 1.56 bits per heavy atom. The predicted molar refractivity (Wildman–Crippen MR) is 59.3 cm³/mol. The number of carbonyl (C=O) groups is 1. The molecule has 18 heavy (non-hydrogen) atoms. The topological polar surface area (TPSA) is 92.5 Å². The lowest BCUT2D eigenvalue weighted by atomic mass is 10.1. The molecule has 0 bridgehead atoms. The molecule has 0 amide bonds. The molecule has 0 unspecified atom stereocenters. The molecule has 0 aliphatic heterocycles. The van der Waals surface area contributed by atoms with Gasteiger partial charge in [-0.05, 0) is 13.0 Å². The second-order valence-corrected chi connectivity index (χ2v) is 3.50. The molecule has 0 fully saturated rings. The molecule has 0 atom stereocenters. The molecule has 98 valence electrons. The molecular weight excluding hydrogens is 250 g/mol. The van der Waals surface area contributed by atoms with Gasteiger partial charge in [0, 0.05) is 17.3 Å². The van der Waals surface area contributed by atoms with Crippen molar-refractivity contribution in [3.05, 3.63) is 33.4 Å². The summed E-state index contributed by atoms with van der Waals surface area (Å²) in [5.41, 5.74) is -0.622. The fourth-order valence-electron chi connectivity index (χ4n) is 1.38. The summed E-state index contributed by atoms with van der Waals surface area (Å²) in [5, 5.41) is 21.8. The number of halogens is 2. The number of nitro benzene ring substituents is 1. The van der Waals surface area contributed by atoms with Crippen LogP contribution in [0.3, 0.4) is 0 Å². The third-order valence-electron chi connectivity index (χ3n) is 2.27. The number of carboxylic acid groups (broad SMARTS) is 1. The Balaban J connectivity index is 3.22. The molecule has 0 aliphatic rings. The summed E-state index contributed by atoms with van der Waals surface area (Å²) in [6.45, 7) is 0.651. The SMILES string of the molecule is Cc1c(NCC(F)F)cc(C(=O)O)cc1[N+](=O)[O-]. The van der Waals surface area contributed by atoms with Gasteiger partial charge in [0.05, 0.1) is 17.0 Å². The van der Waals surface area contributed by atoms with E-state index in [0.29, 0.717) is 0 Å². The van der Waals surface area contributed by atoms with Gasteiger partial charge in [-0.2, -0.15) is 0 Å². The van der Waals surface area contributed by atoms with Crippen LogP contribution in [0.1, 0.15) is 15.9 Å². The van der Waals surface area contributed by atoms with Gasteiger partial charge in [0.2, 0.25) is 0 Å². The summed E-state index contributed by atoms with van der Waals surface area (Å²) in [6.07, 6.45) is -2.64. The van der Waals surface area contributed by atoms with Crippen molar-refractivity contribution in [2.24, 2.45) is 0 Å². The number of hydrogen-bond acceptors (Lipinski definition) is 4. The van der Waals surface area contributed by atoms with E-state index in [2.05, 4.69) is 5.32 Å². The maximum absolute atomic E-state index is 12.1. The minimum absolute atomic E-state index is 0.0156. The first-order valence-electron chi connectivity index (χ1n) is 4.87. The zero-order valence-corrected chi connectivity index (χ0v) is 9.31. The molecule has 1 aromatic carbocycles. The highest BCUT2D eigenvalue weighted by Crippen LogP contribution is 2.27. The van der Waals surface area contributed by atoms with Gasteiger partial charge < -0.3 is 10.4 Å². The highest BCUT2D eigenvalue weighted by Gasteiger charge is 2.19. The largest absolute Gasteiger partial charge is 0.478 e. The highest BCUT2D eigenvalue weighted by molar-refractivity contribution is 5.90. The minimum atomic E-state index is -2.64. The molecule has 0 saturated carbocycles. The van der Waals surface area contributed by atoms with Crippen molar-refractivity contribution in [2.45, 2.75) is 13.3 Å². The maximum atomic E-state index is 12.1. The molecule has 2 N–H and O–H groups in total. The van der Waals surface area contributed by atoms with Gasteiger partial charge >= 0.3 is 5.97 Å². The van der Waals surface area contributed by atoms with Crippen LogP contribution in [0, 0.1) is 17.0 Å². The van der Waals surface area contributed by atoms with E-state index in [1.165, 1.54) is 6.92 Å². The smallest absolute Gasteiger partial charge is 0.336 e. The molecule has 0 aromatic heterocycles. The van der Waals surface area contributed by atoms with Crippen molar-refractivity contribution >= 4 is 17.3 Å². The molecule has 0 spiro atoms. The van der Waals surface area contributed by atoms with Crippen LogP contribution in [0.4, 0.5) is 20.2 Å². The first kappa shape index (κ1) is 13.8. The van der Waals surface area contributed by atoms with Crippen molar-refractivity contribution in [2.75, 3.05) is 11.9 Å². The van der Waals surface area contributed by atoms with Gasteiger partial charge in [0.25, 0.3) is 12.1 Å². The first-order valence-corrected chi connectivity index (χ1v) is 4.87. The summed E-state index contributed by atoms with van der Waals surface area (Å²) in [6, 6.07) is 1.98. The third kappa shape index (κ3) is 3.12. The number of rotatable bonds is 5. The van der Waals surface area contributed by atoms with E-state index in [4.69, 9.17) is 5.11 Å². The lowest BCUT2D eigenvalue weighted by Gasteiger charge is -2.10. The number of benzene rings is 1. The second kappa shape index (κ2) is 5.39. The number of nitrogens with one attached hydrogen (secondary N) is 1. The molecule has 1 aromatic rings. The van der Waals surface area contributed by atoms with Crippen molar-refractivity contribution in [1.29, 1.82) is 0 Å². The quantitative estimate of drug-likeness (QED) is 0.625. The van der Waals surface area contributed by atoms with Gasteiger partial charge in [0.1, 0.15) is 0 Å². The molecule has 0 heterocycles. The average molecular weight is 260 g/mol. The second-order valence-electron chi connectivity index (χ2n) is 3.50. The summed E-state index contributed by atoms with van der Waals surface area (Å²) >= 11 is 0. The fourth-order valence-corrected chi connectivity index (χ4v) is 1.38. The maximum Gasteiger partial charge on any atom is 0.336 e. The van der Waals surface area contributed by atoms with E-state index in [9.17, 15) is 23.7 Å². The molecule has 8 heteroatoms. The predicted octanol–water partition coefficient (Wildman–Crippen LogP) is 2.28. The lowest BCUT2D eigenvalue weighted by Crippen LogP contribution is -2.12. The number of carboxylic acids is 1. The Labute approximate surface area is 100 Å². The van der Waals surface area contributed by atoms with Crippen molar-refractivity contribution in [3.63, 3.8) is 0 Å². The van der Waals surface area contributed by atoms with E-state index in [0.717, 1.165) is 12.1 Å². The molecule has 0 radical (unpaired) electrons. The molecule has 0 aliphatic carbocycles. The first-order chi connectivity index (χ1) is 8.32. The van der Waals surface area contributed by atoms with Gasteiger partial charge in [-0.1, -0.05) is 0 Å². The van der Waals surface area contributed by atoms with Crippen LogP contribution in [-0.4, -0.2) is 29.0 Å². The van der Waals surface area contributed by atoms with Crippen LogP contribution in [0.25, 0.3) is 0 Å². The van der Waals surface area contributed by atoms with Gasteiger partial charge in [-0.15, -0.1) is 0 Å². The van der Waals surface area contributed by atoms with Crippen molar-refractivity contribution in [3.8, 4) is 0 Å². The zero-order valence-electron chi connectivity index (χ0n) is 9.31. The normalized spacial score (nSPS) is 10.4. The highest BCUT2D eigenvalue weighted by atomic mass is 19.3. The molecule has 0 saturated heterocycles. The van der Waals surface area contributed by atoms with Crippen LogP contribution in [0.2, 0.25) is 0 Å². The van der Waals surface area contributed by atoms with Crippen LogP contribution < -0.4 is 5.32 Å². The fraction of sp³-hybridized carbons (Fsp3) is 0.300. The lowest BCUT2D eigenvalue weighted by molar-refractivity contribution is -0.385. The molecular formula is C10H10F2N2O4. The summed E-state index contributed by atoms with van der Waals surface area (Å²) in [4.78, 5) is 20.7. The standard InChI is InChI=1S/C10H10F2N2O4/c1-5-7(13-4-9(11)12)2-6(10(15)16)3-8(5)14(17)18/h2-3,9,13H,4H2,1H3,(H,15,16). The van der Waals surface area contributed by atoms with E-state index < -0.39 is 29.6 Å². The van der Waals surface area contributed by atoms with Crippen LogP contribution in [-0.2, 0) is 0 Å². The van der Waals surface area contributed by atoms with Crippen molar-refractivity contribution < 1.29 is 23.6 Å². The number of nitrogens with zero attached hydrogens (tertiary/aromatic N) is 1. The molecule has 6 nitrogen and oxygen atoms in total. The summed E-state index contributed by atoms with van der Waals surface area (Å²) in [7, 11) is 0.